The molecule has 0 unspecified atom stereocenters. The van der Waals surface area contributed by atoms with Gasteiger partial charge in [-0.25, -0.2) is 13.8 Å². The highest BCUT2D eigenvalue weighted by molar-refractivity contribution is 5.85. The van der Waals surface area contributed by atoms with Crippen molar-refractivity contribution in [2.45, 2.75) is 38.7 Å². The minimum atomic E-state index is -0.795. The summed E-state index contributed by atoms with van der Waals surface area (Å²) in [6.07, 6.45) is 8.22. The predicted molar refractivity (Wildman–Crippen MR) is 123 cm³/mol. The molecule has 9 heteroatoms. The van der Waals surface area contributed by atoms with E-state index in [-0.39, 0.29) is 36.0 Å². The molecule has 33 heavy (non-hydrogen) atoms. The van der Waals surface area contributed by atoms with Crippen molar-refractivity contribution in [2.75, 3.05) is 0 Å². The summed E-state index contributed by atoms with van der Waals surface area (Å²) in [6.45, 7) is -0.214. The molecule has 0 amide bonds. The van der Waals surface area contributed by atoms with Gasteiger partial charge < -0.3 is 9.30 Å². The first-order valence-electron chi connectivity index (χ1n) is 10.6. The van der Waals surface area contributed by atoms with Gasteiger partial charge in [0.25, 0.3) is 5.56 Å². The fourth-order valence-electron chi connectivity index (χ4n) is 4.36. The lowest BCUT2D eigenvalue weighted by atomic mass is 10.1. The van der Waals surface area contributed by atoms with Gasteiger partial charge in [0.05, 0.1) is 6.20 Å². The van der Waals surface area contributed by atoms with Crippen LogP contribution in [0.15, 0.2) is 47.5 Å². The highest BCUT2D eigenvalue weighted by Gasteiger charge is 2.19. The summed E-state index contributed by atoms with van der Waals surface area (Å²) >= 11 is 0. The number of fused-ring (bicyclic) bond motifs is 3. The van der Waals surface area contributed by atoms with Crippen LogP contribution in [0.1, 0.15) is 36.2 Å². The van der Waals surface area contributed by atoms with Crippen molar-refractivity contribution in [3.05, 3.63) is 81.7 Å². The van der Waals surface area contributed by atoms with E-state index in [1.807, 2.05) is 19.2 Å². The molecule has 4 aromatic rings. The van der Waals surface area contributed by atoms with E-state index in [9.17, 15) is 13.6 Å². The van der Waals surface area contributed by atoms with Crippen LogP contribution in [-0.2, 0) is 26.5 Å². The van der Waals surface area contributed by atoms with E-state index in [0.29, 0.717) is 5.82 Å². The van der Waals surface area contributed by atoms with Crippen LogP contribution < -0.4 is 10.3 Å². The zero-order chi connectivity index (χ0) is 22.2. The van der Waals surface area contributed by atoms with Gasteiger partial charge in [-0.1, -0.05) is 6.42 Å². The van der Waals surface area contributed by atoms with Gasteiger partial charge in [0.2, 0.25) is 0 Å². The van der Waals surface area contributed by atoms with Crippen molar-refractivity contribution in [2.24, 2.45) is 7.05 Å². The van der Waals surface area contributed by atoms with Gasteiger partial charge >= 0.3 is 0 Å². The van der Waals surface area contributed by atoms with Crippen LogP contribution in [-0.4, -0.2) is 19.1 Å². The van der Waals surface area contributed by atoms with E-state index in [0.717, 1.165) is 36.1 Å². The molecular formula is C24H23ClF2N4O2. The normalized spacial score (nSPS) is 13.3. The molecular weight excluding hydrogens is 450 g/mol. The molecule has 0 saturated heterocycles. The Hall–Kier alpha value is -3.26. The maximum atomic E-state index is 13.7. The quantitative estimate of drug-likeness (QED) is 0.405. The van der Waals surface area contributed by atoms with Crippen molar-refractivity contribution in [1.82, 2.24) is 19.1 Å². The molecule has 0 saturated carbocycles. The average molecular weight is 473 g/mol. The molecule has 0 aromatic carbocycles. The number of ether oxygens (including phenoxy) is 1. The van der Waals surface area contributed by atoms with Crippen LogP contribution in [0.2, 0.25) is 0 Å². The van der Waals surface area contributed by atoms with Crippen molar-refractivity contribution < 1.29 is 13.5 Å². The second-order valence-electron chi connectivity index (χ2n) is 8.03. The SMILES string of the molecule is Cl.Cn1c2c(c3ccc(-n4ccc(OCc5ncc(F)cc5F)cc4=O)nc31)CCCCC2. The van der Waals surface area contributed by atoms with Crippen LogP contribution in [0.5, 0.6) is 5.75 Å². The Morgan fingerprint density at radius 3 is 2.70 bits per heavy atom. The third-order valence-corrected chi connectivity index (χ3v) is 5.99. The van der Waals surface area contributed by atoms with Crippen LogP contribution in [0.4, 0.5) is 8.78 Å². The second kappa shape index (κ2) is 9.31. The van der Waals surface area contributed by atoms with Gasteiger partial charge in [0.1, 0.15) is 35.3 Å². The third-order valence-electron chi connectivity index (χ3n) is 5.99. The Kier molecular flexibility index (Phi) is 6.47. The van der Waals surface area contributed by atoms with E-state index < -0.39 is 11.6 Å². The van der Waals surface area contributed by atoms with Gasteiger partial charge in [-0.3, -0.25) is 14.3 Å². The van der Waals surface area contributed by atoms with Crippen LogP contribution in [0.25, 0.3) is 16.9 Å². The molecule has 0 radical (unpaired) electrons. The summed E-state index contributed by atoms with van der Waals surface area (Å²) in [5.74, 6) is -0.760. The molecule has 5 rings (SSSR count). The number of nitrogens with zero attached hydrogens (tertiary/aromatic N) is 4. The Balaban J connectivity index is 0.00000259. The van der Waals surface area contributed by atoms with Gasteiger partial charge in [0, 0.05) is 36.5 Å². The van der Waals surface area contributed by atoms with Crippen LogP contribution in [0, 0.1) is 11.6 Å². The number of aromatic nitrogens is 4. The van der Waals surface area contributed by atoms with Gasteiger partial charge in [0.15, 0.2) is 5.82 Å². The molecule has 0 bridgehead atoms. The Morgan fingerprint density at radius 1 is 1.09 bits per heavy atom. The van der Waals surface area contributed by atoms with Crippen molar-refractivity contribution in [3.63, 3.8) is 0 Å². The summed E-state index contributed by atoms with van der Waals surface area (Å²) < 4.78 is 35.8. The fraction of sp³-hybridized carbons (Fsp3) is 0.292. The fourth-order valence-corrected chi connectivity index (χ4v) is 4.36. The number of aryl methyl sites for hydroxylation is 2. The highest BCUT2D eigenvalue weighted by Crippen LogP contribution is 2.30. The average Bonchev–Trinajstić information content (AvgIpc) is 2.93. The van der Waals surface area contributed by atoms with Crippen molar-refractivity contribution >= 4 is 23.4 Å². The molecule has 0 N–H and O–H groups in total. The lowest BCUT2D eigenvalue weighted by Gasteiger charge is -2.09. The smallest absolute Gasteiger partial charge is 0.259 e. The van der Waals surface area contributed by atoms with Crippen molar-refractivity contribution in [3.8, 4) is 11.6 Å². The molecule has 0 fully saturated rings. The lowest BCUT2D eigenvalue weighted by molar-refractivity contribution is 0.292. The highest BCUT2D eigenvalue weighted by atomic mass is 35.5. The van der Waals surface area contributed by atoms with E-state index >= 15 is 0 Å². The largest absolute Gasteiger partial charge is 0.487 e. The molecule has 0 atom stereocenters. The van der Waals surface area contributed by atoms with E-state index in [1.165, 1.54) is 41.2 Å². The monoisotopic (exact) mass is 472 g/mol. The first-order valence-corrected chi connectivity index (χ1v) is 10.6. The molecule has 0 spiro atoms. The Labute approximate surface area is 195 Å². The molecule has 0 aliphatic heterocycles. The number of hydrogen-bond donors (Lipinski definition) is 0. The van der Waals surface area contributed by atoms with Crippen molar-refractivity contribution in [1.29, 1.82) is 0 Å². The standard InChI is InChI=1S/C24H22F2N4O2.ClH/c1-29-21-6-4-2-3-5-17(21)18-7-8-22(28-24(18)29)30-10-9-16(12-23(30)31)32-14-20-19(26)11-15(25)13-27-20;/h7-13H,2-6,14H2,1H3;1H. The number of pyridine rings is 3. The Bertz CT molecular complexity index is 1380. The summed E-state index contributed by atoms with van der Waals surface area (Å²) in [5.41, 5.74) is 3.22. The molecule has 6 nitrogen and oxygen atoms in total. The zero-order valence-electron chi connectivity index (χ0n) is 18.1. The van der Waals surface area contributed by atoms with Gasteiger partial charge in [-0.2, -0.15) is 0 Å². The molecule has 1 aliphatic carbocycles. The van der Waals surface area contributed by atoms with E-state index in [2.05, 4.69) is 9.55 Å². The van der Waals surface area contributed by atoms with E-state index in [1.54, 1.807) is 12.3 Å². The number of halogens is 3. The van der Waals surface area contributed by atoms with Gasteiger partial charge in [-0.15, -0.1) is 12.4 Å². The minimum absolute atomic E-state index is 0. The molecule has 172 valence electrons. The summed E-state index contributed by atoms with van der Waals surface area (Å²) in [5, 5.41) is 1.15. The molecule has 1 aliphatic rings. The molecule has 4 aromatic heterocycles. The van der Waals surface area contributed by atoms with Gasteiger partial charge in [-0.05, 0) is 49.4 Å². The molecule has 4 heterocycles. The first kappa shape index (κ1) is 22.9. The minimum Gasteiger partial charge on any atom is -0.487 e. The predicted octanol–water partition coefficient (Wildman–Crippen LogP) is 4.67. The Morgan fingerprint density at radius 2 is 1.91 bits per heavy atom. The zero-order valence-corrected chi connectivity index (χ0v) is 18.9. The van der Waals surface area contributed by atoms with Crippen LogP contribution >= 0.6 is 12.4 Å². The number of hydrogen-bond acceptors (Lipinski definition) is 4. The topological polar surface area (TPSA) is 61.9 Å². The number of rotatable bonds is 4. The summed E-state index contributed by atoms with van der Waals surface area (Å²) in [4.78, 5) is 21.2. The first-order chi connectivity index (χ1) is 15.5. The summed E-state index contributed by atoms with van der Waals surface area (Å²) in [6, 6.07) is 7.56. The van der Waals surface area contributed by atoms with Crippen LogP contribution in [0.3, 0.4) is 0 Å². The second-order valence-corrected chi connectivity index (χ2v) is 8.03. The third kappa shape index (κ3) is 4.35. The summed E-state index contributed by atoms with van der Waals surface area (Å²) in [7, 11) is 2.03. The van der Waals surface area contributed by atoms with E-state index in [4.69, 9.17) is 9.72 Å². The maximum Gasteiger partial charge on any atom is 0.259 e. The lowest BCUT2D eigenvalue weighted by Crippen LogP contribution is -2.18. The maximum absolute atomic E-state index is 13.7.